The Kier molecular flexibility index (Phi) is 3.82. The summed E-state index contributed by atoms with van der Waals surface area (Å²) in [4.78, 5) is 12.3. The first-order chi connectivity index (χ1) is 10.7. The first-order valence-corrected chi connectivity index (χ1v) is 6.72. The van der Waals surface area contributed by atoms with E-state index in [2.05, 4.69) is 5.32 Å². The molecular weight excluding hydrogens is 289 g/mol. The second-order valence-corrected chi connectivity index (χ2v) is 4.66. The number of carbonyl (C=O) groups is 1. The minimum atomic E-state index is -0.506. The molecule has 2 aromatic rings. The van der Waals surface area contributed by atoms with Gasteiger partial charge in [-0.2, -0.15) is 0 Å². The van der Waals surface area contributed by atoms with Crippen LogP contribution in [-0.2, 0) is 0 Å². The third kappa shape index (κ3) is 2.81. The van der Waals surface area contributed by atoms with Crippen molar-refractivity contribution in [2.45, 2.75) is 0 Å². The van der Waals surface area contributed by atoms with Crippen molar-refractivity contribution in [3.8, 4) is 17.2 Å². The topological polar surface area (TPSA) is 56.8 Å². The van der Waals surface area contributed by atoms with Crippen LogP contribution in [0, 0.1) is 5.82 Å². The third-order valence-electron chi connectivity index (χ3n) is 3.21. The lowest BCUT2D eigenvalue weighted by atomic mass is 10.1. The Morgan fingerprint density at radius 1 is 1.14 bits per heavy atom. The number of hydrogen-bond acceptors (Lipinski definition) is 4. The molecule has 2 aromatic carbocycles. The lowest BCUT2D eigenvalue weighted by molar-refractivity contribution is 0.102. The Morgan fingerprint density at radius 3 is 2.68 bits per heavy atom. The van der Waals surface area contributed by atoms with Crippen LogP contribution in [-0.4, -0.2) is 26.2 Å². The van der Waals surface area contributed by atoms with Gasteiger partial charge in [0, 0.05) is 11.8 Å². The molecule has 0 bridgehead atoms. The molecule has 3 rings (SSSR count). The molecule has 114 valence electrons. The van der Waals surface area contributed by atoms with Gasteiger partial charge < -0.3 is 19.5 Å². The van der Waals surface area contributed by atoms with Gasteiger partial charge in [-0.05, 0) is 30.3 Å². The Hall–Kier alpha value is -2.76. The van der Waals surface area contributed by atoms with Crippen molar-refractivity contribution in [2.24, 2.45) is 0 Å². The summed E-state index contributed by atoms with van der Waals surface area (Å²) in [5.41, 5.74) is 0.651. The van der Waals surface area contributed by atoms with Crippen LogP contribution in [0.2, 0.25) is 0 Å². The SMILES string of the molecule is COc1ccc(F)cc1C(=O)Nc1ccc2c(c1)OCCO2. The quantitative estimate of drug-likeness (QED) is 0.947. The zero-order valence-electron chi connectivity index (χ0n) is 11.9. The Balaban J connectivity index is 1.84. The zero-order valence-corrected chi connectivity index (χ0v) is 11.9. The number of anilines is 1. The number of methoxy groups -OCH3 is 1. The van der Waals surface area contributed by atoms with Gasteiger partial charge in [0.15, 0.2) is 11.5 Å². The van der Waals surface area contributed by atoms with Crippen LogP contribution in [0.4, 0.5) is 10.1 Å². The molecule has 1 aliphatic rings. The fourth-order valence-corrected chi connectivity index (χ4v) is 2.18. The van der Waals surface area contributed by atoms with Crippen molar-refractivity contribution >= 4 is 11.6 Å². The van der Waals surface area contributed by atoms with E-state index >= 15 is 0 Å². The van der Waals surface area contributed by atoms with E-state index in [1.54, 1.807) is 18.2 Å². The summed E-state index contributed by atoms with van der Waals surface area (Å²) in [5.74, 6) is 0.528. The second-order valence-electron chi connectivity index (χ2n) is 4.66. The van der Waals surface area contributed by atoms with Crippen LogP contribution in [0.1, 0.15) is 10.4 Å². The summed E-state index contributed by atoms with van der Waals surface area (Å²) < 4.78 is 29.3. The molecule has 0 saturated heterocycles. The molecule has 1 heterocycles. The highest BCUT2D eigenvalue weighted by atomic mass is 19.1. The van der Waals surface area contributed by atoms with Gasteiger partial charge in [0.25, 0.3) is 5.91 Å². The average molecular weight is 303 g/mol. The lowest BCUT2D eigenvalue weighted by Crippen LogP contribution is -2.17. The number of rotatable bonds is 3. The van der Waals surface area contributed by atoms with E-state index in [1.807, 2.05) is 0 Å². The van der Waals surface area contributed by atoms with E-state index in [0.717, 1.165) is 6.07 Å². The van der Waals surface area contributed by atoms with E-state index < -0.39 is 11.7 Å². The Bertz CT molecular complexity index is 717. The lowest BCUT2D eigenvalue weighted by Gasteiger charge is -2.19. The van der Waals surface area contributed by atoms with Crippen LogP contribution >= 0.6 is 0 Å². The van der Waals surface area contributed by atoms with Gasteiger partial charge in [-0.1, -0.05) is 0 Å². The molecule has 22 heavy (non-hydrogen) atoms. The van der Waals surface area contributed by atoms with E-state index in [1.165, 1.54) is 19.2 Å². The summed E-state index contributed by atoms with van der Waals surface area (Å²) in [7, 11) is 1.42. The standard InChI is InChI=1S/C16H14FNO4/c1-20-13-4-2-10(17)8-12(13)16(19)18-11-3-5-14-15(9-11)22-7-6-21-14/h2-5,8-9H,6-7H2,1H3,(H,18,19). The molecule has 0 radical (unpaired) electrons. The van der Waals surface area contributed by atoms with Crippen molar-refractivity contribution in [2.75, 3.05) is 25.6 Å². The first-order valence-electron chi connectivity index (χ1n) is 6.72. The number of benzene rings is 2. The highest BCUT2D eigenvalue weighted by Crippen LogP contribution is 2.33. The van der Waals surface area contributed by atoms with Gasteiger partial charge in [-0.15, -0.1) is 0 Å². The van der Waals surface area contributed by atoms with Gasteiger partial charge in [-0.3, -0.25) is 4.79 Å². The van der Waals surface area contributed by atoms with Gasteiger partial charge in [-0.25, -0.2) is 4.39 Å². The molecule has 0 spiro atoms. The zero-order chi connectivity index (χ0) is 15.5. The largest absolute Gasteiger partial charge is 0.496 e. The number of hydrogen-bond donors (Lipinski definition) is 1. The van der Waals surface area contributed by atoms with Crippen molar-refractivity contribution in [1.29, 1.82) is 0 Å². The van der Waals surface area contributed by atoms with Crippen LogP contribution in [0.25, 0.3) is 0 Å². The molecule has 0 atom stereocenters. The summed E-state index contributed by atoms with van der Waals surface area (Å²) in [6, 6.07) is 8.85. The summed E-state index contributed by atoms with van der Waals surface area (Å²) in [6.07, 6.45) is 0. The van der Waals surface area contributed by atoms with Gasteiger partial charge in [0.1, 0.15) is 24.8 Å². The van der Waals surface area contributed by atoms with Crippen molar-refractivity contribution in [3.63, 3.8) is 0 Å². The molecule has 1 N–H and O–H groups in total. The van der Waals surface area contributed by atoms with Crippen LogP contribution in [0.5, 0.6) is 17.2 Å². The first kappa shape index (κ1) is 14.2. The van der Waals surface area contributed by atoms with E-state index in [-0.39, 0.29) is 5.56 Å². The van der Waals surface area contributed by atoms with E-state index in [0.29, 0.717) is 36.1 Å². The molecule has 1 amide bonds. The fourth-order valence-electron chi connectivity index (χ4n) is 2.18. The Labute approximate surface area is 126 Å². The minimum Gasteiger partial charge on any atom is -0.496 e. The van der Waals surface area contributed by atoms with E-state index in [4.69, 9.17) is 14.2 Å². The highest BCUT2D eigenvalue weighted by molar-refractivity contribution is 6.06. The summed E-state index contributed by atoms with van der Waals surface area (Å²) in [6.45, 7) is 0.960. The summed E-state index contributed by atoms with van der Waals surface area (Å²) in [5, 5.41) is 2.69. The van der Waals surface area contributed by atoms with Crippen LogP contribution < -0.4 is 19.5 Å². The fraction of sp³-hybridized carbons (Fsp3) is 0.188. The monoisotopic (exact) mass is 303 g/mol. The minimum absolute atomic E-state index is 0.123. The maximum Gasteiger partial charge on any atom is 0.259 e. The Morgan fingerprint density at radius 2 is 1.91 bits per heavy atom. The molecule has 0 saturated carbocycles. The smallest absolute Gasteiger partial charge is 0.259 e. The van der Waals surface area contributed by atoms with Crippen LogP contribution in [0.3, 0.4) is 0 Å². The van der Waals surface area contributed by atoms with Crippen LogP contribution in [0.15, 0.2) is 36.4 Å². The number of ether oxygens (including phenoxy) is 3. The number of carbonyl (C=O) groups excluding carboxylic acids is 1. The second kappa shape index (κ2) is 5.93. The van der Waals surface area contributed by atoms with Crippen molar-refractivity contribution < 1.29 is 23.4 Å². The van der Waals surface area contributed by atoms with Crippen molar-refractivity contribution in [3.05, 3.63) is 47.8 Å². The van der Waals surface area contributed by atoms with Crippen molar-refractivity contribution in [1.82, 2.24) is 0 Å². The molecule has 0 aliphatic carbocycles. The molecule has 1 aliphatic heterocycles. The van der Waals surface area contributed by atoms with E-state index in [9.17, 15) is 9.18 Å². The third-order valence-corrected chi connectivity index (χ3v) is 3.21. The maximum atomic E-state index is 13.3. The van der Waals surface area contributed by atoms with Gasteiger partial charge in [0.05, 0.1) is 12.7 Å². The maximum absolute atomic E-state index is 13.3. The molecule has 0 unspecified atom stereocenters. The molecule has 0 aromatic heterocycles. The summed E-state index contributed by atoms with van der Waals surface area (Å²) >= 11 is 0. The number of nitrogens with one attached hydrogen (secondary N) is 1. The number of fused-ring (bicyclic) bond motifs is 1. The van der Waals surface area contributed by atoms with Gasteiger partial charge >= 0.3 is 0 Å². The molecule has 5 nitrogen and oxygen atoms in total. The predicted molar refractivity (Wildman–Crippen MR) is 78.3 cm³/mol. The van der Waals surface area contributed by atoms with Gasteiger partial charge in [0.2, 0.25) is 0 Å². The number of halogens is 1. The highest BCUT2D eigenvalue weighted by Gasteiger charge is 2.16. The molecule has 0 fully saturated rings. The predicted octanol–water partition coefficient (Wildman–Crippen LogP) is 2.86. The molecular formula is C16H14FNO4. The number of amides is 1. The normalized spacial score (nSPS) is 12.6. The average Bonchev–Trinajstić information content (AvgIpc) is 2.54. The molecule has 6 heteroatoms.